The van der Waals surface area contributed by atoms with Gasteiger partial charge in [-0.1, -0.05) is 6.92 Å². The van der Waals surface area contributed by atoms with Crippen LogP contribution in [0.2, 0.25) is 0 Å². The zero-order valence-electron chi connectivity index (χ0n) is 10.5. The van der Waals surface area contributed by atoms with Gasteiger partial charge in [0, 0.05) is 6.04 Å². The number of ether oxygens (including phenoxy) is 1. The number of hydrogen-bond donors (Lipinski definition) is 2. The standard InChI is InChI=1S/C13H19NO4/c1-6-2-11(18-5-6)12(15)14-10-4-8(10)7-3-9(7)13(16)17/h6-11H,2-5H2,1H3,(H,14,15)(H,16,17)/t6?,7-,8+,9-,10+,11?/m0/s1. The fraction of sp³-hybridized carbons (Fsp3) is 0.846. The van der Waals surface area contributed by atoms with Crippen LogP contribution < -0.4 is 5.32 Å². The Morgan fingerprint density at radius 2 is 2.00 bits per heavy atom. The predicted molar refractivity (Wildman–Crippen MR) is 62.8 cm³/mol. The number of hydrogen-bond acceptors (Lipinski definition) is 3. The molecular weight excluding hydrogens is 234 g/mol. The second-order valence-electron chi connectivity index (χ2n) is 6.02. The molecule has 0 aromatic carbocycles. The molecule has 2 saturated carbocycles. The summed E-state index contributed by atoms with van der Waals surface area (Å²) in [6.45, 7) is 2.74. The molecule has 2 aliphatic carbocycles. The molecular formula is C13H19NO4. The molecule has 1 amide bonds. The van der Waals surface area contributed by atoms with Gasteiger partial charge in [0.1, 0.15) is 6.10 Å². The Balaban J connectivity index is 1.43. The van der Waals surface area contributed by atoms with E-state index in [1.807, 2.05) is 0 Å². The molecule has 2 unspecified atom stereocenters. The molecule has 3 rings (SSSR count). The number of nitrogens with one attached hydrogen (secondary N) is 1. The second-order valence-corrected chi connectivity index (χ2v) is 6.02. The van der Waals surface area contributed by atoms with Crippen molar-refractivity contribution in [1.29, 1.82) is 0 Å². The highest BCUT2D eigenvalue weighted by Gasteiger charge is 2.57. The first-order valence-electron chi connectivity index (χ1n) is 6.71. The molecule has 100 valence electrons. The lowest BCUT2D eigenvalue weighted by Gasteiger charge is -2.10. The van der Waals surface area contributed by atoms with E-state index in [0.29, 0.717) is 18.4 Å². The first-order chi connectivity index (χ1) is 8.56. The minimum Gasteiger partial charge on any atom is -0.481 e. The average molecular weight is 253 g/mol. The average Bonchev–Trinajstić information content (AvgIpc) is 3.17. The van der Waals surface area contributed by atoms with Crippen LogP contribution in [0.4, 0.5) is 0 Å². The van der Waals surface area contributed by atoms with Gasteiger partial charge < -0.3 is 15.2 Å². The van der Waals surface area contributed by atoms with Crippen LogP contribution >= 0.6 is 0 Å². The Labute approximate surface area is 106 Å². The first-order valence-corrected chi connectivity index (χ1v) is 6.71. The fourth-order valence-corrected chi connectivity index (χ4v) is 3.07. The van der Waals surface area contributed by atoms with Crippen LogP contribution in [0.25, 0.3) is 0 Å². The quantitative estimate of drug-likeness (QED) is 0.771. The summed E-state index contributed by atoms with van der Waals surface area (Å²) in [5, 5.41) is 11.9. The van der Waals surface area contributed by atoms with Crippen molar-refractivity contribution in [2.45, 2.75) is 38.3 Å². The summed E-state index contributed by atoms with van der Waals surface area (Å²) in [7, 11) is 0. The van der Waals surface area contributed by atoms with E-state index in [0.717, 1.165) is 19.3 Å². The highest BCUT2D eigenvalue weighted by Crippen LogP contribution is 2.54. The minimum absolute atomic E-state index is 0.0145. The van der Waals surface area contributed by atoms with Gasteiger partial charge in [0.2, 0.25) is 5.91 Å². The molecule has 3 aliphatic rings. The zero-order valence-corrected chi connectivity index (χ0v) is 10.5. The normalized spacial score (nSPS) is 45.6. The van der Waals surface area contributed by atoms with Crippen molar-refractivity contribution in [1.82, 2.24) is 5.32 Å². The van der Waals surface area contributed by atoms with Gasteiger partial charge in [-0.15, -0.1) is 0 Å². The topological polar surface area (TPSA) is 75.6 Å². The maximum Gasteiger partial charge on any atom is 0.306 e. The predicted octanol–water partition coefficient (Wildman–Crippen LogP) is 0.637. The molecule has 1 saturated heterocycles. The van der Waals surface area contributed by atoms with Crippen LogP contribution in [0.15, 0.2) is 0 Å². The Hall–Kier alpha value is -1.10. The number of carbonyl (C=O) groups is 2. The second kappa shape index (κ2) is 4.23. The Bertz CT molecular complexity index is 383. The van der Waals surface area contributed by atoms with Gasteiger partial charge >= 0.3 is 5.97 Å². The molecule has 5 heteroatoms. The highest BCUT2D eigenvalue weighted by molar-refractivity contribution is 5.81. The fourth-order valence-electron chi connectivity index (χ4n) is 3.07. The number of carbonyl (C=O) groups excluding carboxylic acids is 1. The lowest BCUT2D eigenvalue weighted by Crippen LogP contribution is -2.36. The van der Waals surface area contributed by atoms with E-state index in [-0.39, 0.29) is 29.9 Å². The summed E-state index contributed by atoms with van der Waals surface area (Å²) in [5.41, 5.74) is 0. The number of amides is 1. The molecule has 1 aliphatic heterocycles. The van der Waals surface area contributed by atoms with Crippen LogP contribution in [0.1, 0.15) is 26.2 Å². The summed E-state index contributed by atoms with van der Waals surface area (Å²) in [4.78, 5) is 22.7. The van der Waals surface area contributed by atoms with Gasteiger partial charge in [-0.2, -0.15) is 0 Å². The monoisotopic (exact) mass is 253 g/mol. The van der Waals surface area contributed by atoms with Crippen LogP contribution in [0.3, 0.4) is 0 Å². The largest absolute Gasteiger partial charge is 0.481 e. The van der Waals surface area contributed by atoms with Gasteiger partial charge in [0.15, 0.2) is 0 Å². The SMILES string of the molecule is CC1COC(C(=O)N[C@@H]2C[C@@H]2[C@@H]2C[C@@H]2C(=O)O)C1. The molecule has 3 fully saturated rings. The van der Waals surface area contributed by atoms with Crippen molar-refractivity contribution in [2.24, 2.45) is 23.7 Å². The van der Waals surface area contributed by atoms with E-state index in [1.54, 1.807) is 0 Å². The zero-order chi connectivity index (χ0) is 12.9. The van der Waals surface area contributed by atoms with Gasteiger partial charge in [-0.25, -0.2) is 0 Å². The van der Waals surface area contributed by atoms with E-state index < -0.39 is 5.97 Å². The number of carboxylic acids is 1. The van der Waals surface area contributed by atoms with E-state index in [9.17, 15) is 9.59 Å². The summed E-state index contributed by atoms with van der Waals surface area (Å²) >= 11 is 0. The third-order valence-corrected chi connectivity index (χ3v) is 4.37. The van der Waals surface area contributed by atoms with Gasteiger partial charge in [0.25, 0.3) is 0 Å². The smallest absolute Gasteiger partial charge is 0.306 e. The van der Waals surface area contributed by atoms with Crippen molar-refractivity contribution in [2.75, 3.05) is 6.61 Å². The maximum absolute atomic E-state index is 11.9. The Morgan fingerprint density at radius 1 is 1.22 bits per heavy atom. The summed E-state index contributed by atoms with van der Waals surface area (Å²) in [6, 6.07) is 0.186. The van der Waals surface area contributed by atoms with Gasteiger partial charge in [-0.05, 0) is 37.0 Å². The lowest BCUT2D eigenvalue weighted by atomic mass is 10.1. The molecule has 0 aromatic heterocycles. The van der Waals surface area contributed by atoms with Crippen LogP contribution in [-0.2, 0) is 14.3 Å². The number of rotatable bonds is 4. The third kappa shape index (κ3) is 2.23. The number of carboxylic acid groups (broad SMARTS) is 1. The third-order valence-electron chi connectivity index (χ3n) is 4.37. The van der Waals surface area contributed by atoms with Crippen molar-refractivity contribution in [3.8, 4) is 0 Å². The van der Waals surface area contributed by atoms with Crippen molar-refractivity contribution in [3.05, 3.63) is 0 Å². The van der Waals surface area contributed by atoms with E-state index >= 15 is 0 Å². The summed E-state index contributed by atoms with van der Waals surface area (Å²) in [5.74, 6) is 0.254. The van der Waals surface area contributed by atoms with E-state index in [2.05, 4.69) is 12.2 Å². The van der Waals surface area contributed by atoms with E-state index in [4.69, 9.17) is 9.84 Å². The van der Waals surface area contributed by atoms with Crippen molar-refractivity contribution >= 4 is 11.9 Å². The Kier molecular flexibility index (Phi) is 2.81. The molecule has 2 N–H and O–H groups in total. The molecule has 5 nitrogen and oxygen atoms in total. The van der Waals surface area contributed by atoms with Crippen molar-refractivity contribution in [3.63, 3.8) is 0 Å². The molecule has 0 spiro atoms. The summed E-state index contributed by atoms with van der Waals surface area (Å²) < 4.78 is 5.42. The van der Waals surface area contributed by atoms with Crippen molar-refractivity contribution < 1.29 is 19.4 Å². The molecule has 0 aromatic rings. The number of aliphatic carboxylic acids is 1. The van der Waals surface area contributed by atoms with Gasteiger partial charge in [-0.3, -0.25) is 9.59 Å². The van der Waals surface area contributed by atoms with Gasteiger partial charge in [0.05, 0.1) is 12.5 Å². The molecule has 1 heterocycles. The molecule has 0 bridgehead atoms. The summed E-state index contributed by atoms with van der Waals surface area (Å²) in [6.07, 6.45) is 2.21. The van der Waals surface area contributed by atoms with E-state index in [1.165, 1.54) is 0 Å². The molecule has 0 radical (unpaired) electrons. The molecule has 6 atom stereocenters. The first kappa shape index (κ1) is 12.0. The van der Waals surface area contributed by atoms with Crippen LogP contribution in [0, 0.1) is 23.7 Å². The Morgan fingerprint density at radius 3 is 2.56 bits per heavy atom. The van der Waals surface area contributed by atoms with Crippen LogP contribution in [0.5, 0.6) is 0 Å². The maximum atomic E-state index is 11.9. The van der Waals surface area contributed by atoms with Crippen LogP contribution in [-0.4, -0.2) is 35.7 Å². The minimum atomic E-state index is -0.690. The lowest BCUT2D eigenvalue weighted by molar-refractivity contribution is -0.138. The highest BCUT2D eigenvalue weighted by atomic mass is 16.5. The molecule has 18 heavy (non-hydrogen) atoms.